The summed E-state index contributed by atoms with van der Waals surface area (Å²) >= 11 is 0. The van der Waals surface area contributed by atoms with Crippen LogP contribution in [-0.4, -0.2) is 23.0 Å². The van der Waals surface area contributed by atoms with Gasteiger partial charge in [-0.15, -0.1) is 0 Å². The molecule has 5 heteroatoms. The summed E-state index contributed by atoms with van der Waals surface area (Å²) in [5.41, 5.74) is 0.339. The number of nitrogens with one attached hydrogen (secondary N) is 1. The van der Waals surface area contributed by atoms with E-state index in [-0.39, 0.29) is 0 Å². The van der Waals surface area contributed by atoms with Crippen LogP contribution in [-0.2, 0) is 4.74 Å². The van der Waals surface area contributed by atoms with Gasteiger partial charge >= 0.3 is 0 Å². The average Bonchev–Trinajstić information content (AvgIpc) is 2.51. The van der Waals surface area contributed by atoms with Crippen molar-refractivity contribution in [3.05, 3.63) is 12.0 Å². The van der Waals surface area contributed by atoms with Gasteiger partial charge in [0.2, 0.25) is 0 Å². The van der Waals surface area contributed by atoms with Gasteiger partial charge in [-0.05, 0) is 0 Å². The van der Waals surface area contributed by atoms with E-state index in [2.05, 4.69) is 15.0 Å². The van der Waals surface area contributed by atoms with E-state index < -0.39 is 0 Å². The Balaban J connectivity index is 2.97. The Morgan fingerprint density at radius 2 is 2.58 bits per heavy atom. The highest BCUT2D eigenvalue weighted by molar-refractivity contribution is 5.76. The molecule has 1 rings (SSSR count). The molecule has 0 aromatic carbocycles. The lowest BCUT2D eigenvalue weighted by Gasteiger charge is -1.94. The molecule has 0 saturated heterocycles. The number of methoxy groups -OCH3 is 1. The first kappa shape index (κ1) is 8.27. The van der Waals surface area contributed by atoms with Crippen LogP contribution in [0.4, 0.5) is 5.82 Å². The number of hydrogen-bond acceptors (Lipinski definition) is 4. The van der Waals surface area contributed by atoms with E-state index in [0.29, 0.717) is 17.4 Å². The highest BCUT2D eigenvalue weighted by Crippen LogP contribution is 2.11. The average molecular weight is 164 g/mol. The summed E-state index contributed by atoms with van der Waals surface area (Å²) in [4.78, 5) is 10.4. The number of aromatic amines is 1. The SMILES string of the molecule is CO/C(C)=N\c1nc[nH]c1C#N. The van der Waals surface area contributed by atoms with Gasteiger partial charge in [-0.25, -0.2) is 4.98 Å². The molecule has 12 heavy (non-hydrogen) atoms. The van der Waals surface area contributed by atoms with Crippen LogP contribution in [0.15, 0.2) is 11.3 Å². The van der Waals surface area contributed by atoms with Gasteiger partial charge in [0.1, 0.15) is 6.07 Å². The maximum absolute atomic E-state index is 8.56. The normalized spacial score (nSPS) is 10.9. The Labute approximate surface area is 69.7 Å². The smallest absolute Gasteiger partial charge is 0.191 e. The Bertz CT molecular complexity index is 333. The first-order valence-corrected chi connectivity index (χ1v) is 3.30. The minimum absolute atomic E-state index is 0.339. The molecule has 1 aromatic rings. The topological polar surface area (TPSA) is 74.1 Å². The molecular formula is C7H8N4O. The molecule has 0 unspecified atom stereocenters. The number of nitrogens with zero attached hydrogens (tertiary/aromatic N) is 3. The minimum Gasteiger partial charge on any atom is -0.484 e. The fourth-order valence-electron chi connectivity index (χ4n) is 0.649. The van der Waals surface area contributed by atoms with E-state index in [1.54, 1.807) is 6.92 Å². The van der Waals surface area contributed by atoms with Crippen LogP contribution >= 0.6 is 0 Å². The molecule has 1 aromatic heterocycles. The van der Waals surface area contributed by atoms with Crippen molar-refractivity contribution in [2.24, 2.45) is 4.99 Å². The largest absolute Gasteiger partial charge is 0.484 e. The fourth-order valence-corrected chi connectivity index (χ4v) is 0.649. The molecule has 0 spiro atoms. The van der Waals surface area contributed by atoms with Crippen molar-refractivity contribution in [3.63, 3.8) is 0 Å². The Morgan fingerprint density at radius 3 is 3.17 bits per heavy atom. The summed E-state index contributed by atoms with van der Waals surface area (Å²) < 4.78 is 4.81. The van der Waals surface area contributed by atoms with Crippen molar-refractivity contribution in [1.29, 1.82) is 5.26 Å². The lowest BCUT2D eigenvalue weighted by Crippen LogP contribution is -1.92. The van der Waals surface area contributed by atoms with Crippen LogP contribution in [0.25, 0.3) is 0 Å². The van der Waals surface area contributed by atoms with E-state index >= 15 is 0 Å². The maximum atomic E-state index is 8.56. The second-order valence-corrected chi connectivity index (χ2v) is 2.05. The van der Waals surface area contributed by atoms with Gasteiger partial charge in [-0.3, -0.25) is 0 Å². The van der Waals surface area contributed by atoms with Gasteiger partial charge in [0.15, 0.2) is 17.4 Å². The van der Waals surface area contributed by atoms with E-state index in [9.17, 15) is 0 Å². The lowest BCUT2D eigenvalue weighted by molar-refractivity contribution is 0.400. The van der Waals surface area contributed by atoms with Gasteiger partial charge in [0.25, 0.3) is 0 Å². The van der Waals surface area contributed by atoms with Crippen LogP contribution in [0, 0.1) is 11.3 Å². The summed E-state index contributed by atoms with van der Waals surface area (Å²) in [6.45, 7) is 1.69. The van der Waals surface area contributed by atoms with Crippen molar-refractivity contribution in [3.8, 4) is 6.07 Å². The zero-order valence-electron chi connectivity index (χ0n) is 6.83. The lowest BCUT2D eigenvalue weighted by atomic mass is 10.5. The zero-order valence-corrected chi connectivity index (χ0v) is 6.83. The highest BCUT2D eigenvalue weighted by Gasteiger charge is 2.02. The molecule has 0 aliphatic rings. The van der Waals surface area contributed by atoms with E-state index in [1.807, 2.05) is 6.07 Å². The molecule has 5 nitrogen and oxygen atoms in total. The number of ether oxygens (including phenoxy) is 1. The number of hydrogen-bond donors (Lipinski definition) is 1. The third kappa shape index (κ3) is 1.61. The van der Waals surface area contributed by atoms with Gasteiger partial charge < -0.3 is 9.72 Å². The van der Waals surface area contributed by atoms with Crippen LogP contribution in [0.5, 0.6) is 0 Å². The zero-order chi connectivity index (χ0) is 8.97. The molecule has 0 bridgehead atoms. The molecule has 1 N–H and O–H groups in total. The van der Waals surface area contributed by atoms with E-state index in [0.717, 1.165) is 0 Å². The van der Waals surface area contributed by atoms with Gasteiger partial charge in [-0.2, -0.15) is 10.3 Å². The molecule has 0 fully saturated rings. The highest BCUT2D eigenvalue weighted by atomic mass is 16.5. The van der Waals surface area contributed by atoms with Crippen molar-refractivity contribution in [2.45, 2.75) is 6.92 Å². The summed E-state index contributed by atoms with van der Waals surface area (Å²) in [5, 5.41) is 8.56. The van der Waals surface area contributed by atoms with Crippen LogP contribution in [0.2, 0.25) is 0 Å². The van der Waals surface area contributed by atoms with Gasteiger partial charge in [0.05, 0.1) is 13.4 Å². The number of rotatable bonds is 1. The molecule has 0 aliphatic carbocycles. The summed E-state index contributed by atoms with van der Waals surface area (Å²) in [7, 11) is 1.51. The monoisotopic (exact) mass is 164 g/mol. The molecule has 0 aliphatic heterocycles. The Morgan fingerprint density at radius 1 is 1.83 bits per heavy atom. The third-order valence-corrected chi connectivity index (χ3v) is 1.29. The summed E-state index contributed by atoms with van der Waals surface area (Å²) in [6, 6.07) is 1.92. The molecule has 0 saturated carbocycles. The third-order valence-electron chi connectivity index (χ3n) is 1.29. The second-order valence-electron chi connectivity index (χ2n) is 2.05. The number of imidazole rings is 1. The molecule has 62 valence electrons. The predicted molar refractivity (Wildman–Crippen MR) is 43.1 cm³/mol. The Kier molecular flexibility index (Phi) is 2.43. The first-order chi connectivity index (χ1) is 5.77. The molecule has 1 heterocycles. The Hall–Kier alpha value is -1.83. The molecular weight excluding hydrogens is 156 g/mol. The number of aliphatic imine (C=N–C) groups is 1. The van der Waals surface area contributed by atoms with Gasteiger partial charge in [0, 0.05) is 6.92 Å². The van der Waals surface area contributed by atoms with Crippen LogP contribution in [0.3, 0.4) is 0 Å². The maximum Gasteiger partial charge on any atom is 0.191 e. The molecule has 0 atom stereocenters. The van der Waals surface area contributed by atoms with Crippen molar-refractivity contribution < 1.29 is 4.74 Å². The van der Waals surface area contributed by atoms with Gasteiger partial charge in [-0.1, -0.05) is 0 Å². The molecule has 0 radical (unpaired) electrons. The molecule has 0 amide bonds. The number of H-pyrrole nitrogens is 1. The van der Waals surface area contributed by atoms with Crippen LogP contribution in [0.1, 0.15) is 12.6 Å². The summed E-state index contributed by atoms with van der Waals surface area (Å²) in [6.07, 6.45) is 1.42. The quantitative estimate of drug-likeness (QED) is 0.496. The van der Waals surface area contributed by atoms with Crippen LogP contribution < -0.4 is 0 Å². The summed E-state index contributed by atoms with van der Waals surface area (Å²) in [5.74, 6) is 0.829. The second kappa shape index (κ2) is 3.53. The minimum atomic E-state index is 0.339. The van der Waals surface area contributed by atoms with Crippen molar-refractivity contribution in [1.82, 2.24) is 9.97 Å². The fraction of sp³-hybridized carbons (Fsp3) is 0.286. The van der Waals surface area contributed by atoms with E-state index in [1.165, 1.54) is 13.4 Å². The van der Waals surface area contributed by atoms with E-state index in [4.69, 9.17) is 10.00 Å². The number of nitriles is 1. The van der Waals surface area contributed by atoms with Crippen molar-refractivity contribution in [2.75, 3.05) is 7.11 Å². The predicted octanol–water partition coefficient (Wildman–Crippen LogP) is 0.978. The van der Waals surface area contributed by atoms with Crippen molar-refractivity contribution >= 4 is 11.7 Å². The standard InChI is InChI=1S/C7H8N4O/c1-5(12-2)11-7-6(3-8)9-4-10-7/h4H,1-2H3,(H,9,10)/b11-5-. The first-order valence-electron chi connectivity index (χ1n) is 3.30. The number of aromatic nitrogens is 2.